The van der Waals surface area contributed by atoms with Gasteiger partial charge in [0.25, 0.3) is 0 Å². The lowest BCUT2D eigenvalue weighted by molar-refractivity contribution is 0.0916. The van der Waals surface area contributed by atoms with Gasteiger partial charge in [-0.3, -0.25) is 4.79 Å². The predicted octanol–water partition coefficient (Wildman–Crippen LogP) is 4.15. The lowest BCUT2D eigenvalue weighted by Crippen LogP contribution is -2.35. The zero-order chi connectivity index (χ0) is 18.1. The van der Waals surface area contributed by atoms with E-state index in [1.165, 1.54) is 0 Å². The van der Waals surface area contributed by atoms with Gasteiger partial charge in [-0.05, 0) is 52.0 Å². The first-order valence-electron chi connectivity index (χ1n) is 8.27. The fourth-order valence-electron chi connectivity index (χ4n) is 2.58. The van der Waals surface area contributed by atoms with Gasteiger partial charge in [-0.2, -0.15) is 0 Å². The zero-order valence-electron chi connectivity index (χ0n) is 15.3. The highest BCUT2D eigenvalue weighted by molar-refractivity contribution is 7.99. The fourth-order valence-corrected chi connectivity index (χ4v) is 4.18. The van der Waals surface area contributed by atoms with Crippen LogP contribution in [0, 0.1) is 6.92 Å². The van der Waals surface area contributed by atoms with Crippen molar-refractivity contribution in [2.24, 2.45) is 0 Å². The molecule has 134 valence electrons. The van der Waals surface area contributed by atoms with E-state index in [0.29, 0.717) is 17.7 Å². The molecular formula is C18H27NO3S2. The number of hydrogen-bond acceptors (Lipinski definition) is 4. The van der Waals surface area contributed by atoms with Crippen molar-refractivity contribution in [3.05, 3.63) is 28.8 Å². The molecule has 0 spiro atoms. The number of carbonyl (C=O) groups excluding carboxylic acids is 1. The molecule has 0 fully saturated rings. The van der Waals surface area contributed by atoms with Gasteiger partial charge in [-0.15, -0.1) is 11.8 Å². The minimum Gasteiger partial charge on any atom is -0.478 e. The number of carbonyl (C=O) groups is 1. The van der Waals surface area contributed by atoms with Crippen molar-refractivity contribution < 1.29 is 13.7 Å². The summed E-state index contributed by atoms with van der Waals surface area (Å²) in [6, 6.07) is 3.74. The van der Waals surface area contributed by atoms with E-state index < -0.39 is 11.0 Å². The number of nitrogens with one attached hydrogen (secondary N) is 1. The Balaban J connectivity index is 2.37. The largest absolute Gasteiger partial charge is 0.478 e. The molecule has 0 aliphatic carbocycles. The first kappa shape index (κ1) is 19.5. The normalized spacial score (nSPS) is 20.2. The summed E-state index contributed by atoms with van der Waals surface area (Å²) in [6.07, 6.45) is 0.407. The maximum Gasteiger partial charge on any atom is 0.171 e. The van der Waals surface area contributed by atoms with Gasteiger partial charge < -0.3 is 4.74 Å². The van der Waals surface area contributed by atoms with E-state index >= 15 is 0 Å². The standard InChI is InChI=1S/C18H27NO3S2/c1-7-23-16-10-15(20)14-9-11(2)8-13(17(14)22-16)12(3)19-24(21)18(4,5)6/h8-9,12,16,19H,7,10H2,1-6H3/t12-,16?,24-/m1/s1. The summed E-state index contributed by atoms with van der Waals surface area (Å²) in [5.74, 6) is 1.67. The Hall–Kier alpha value is -0.850. The molecular weight excluding hydrogens is 342 g/mol. The van der Waals surface area contributed by atoms with E-state index in [1.807, 2.05) is 46.8 Å². The molecule has 4 nitrogen and oxygen atoms in total. The first-order chi connectivity index (χ1) is 11.1. The third-order valence-electron chi connectivity index (χ3n) is 3.82. The highest BCUT2D eigenvalue weighted by Gasteiger charge is 2.31. The number of aryl methyl sites for hydroxylation is 1. The van der Waals surface area contributed by atoms with E-state index in [9.17, 15) is 9.00 Å². The number of benzene rings is 1. The topological polar surface area (TPSA) is 55.4 Å². The summed E-state index contributed by atoms with van der Waals surface area (Å²) in [7, 11) is -1.19. The number of thioether (sulfide) groups is 1. The molecule has 0 aromatic heterocycles. The van der Waals surface area contributed by atoms with Gasteiger partial charge in [0.1, 0.15) is 5.75 Å². The number of ether oxygens (including phenoxy) is 1. The van der Waals surface area contributed by atoms with E-state index in [-0.39, 0.29) is 22.0 Å². The summed E-state index contributed by atoms with van der Waals surface area (Å²) in [5.41, 5.74) is 2.42. The van der Waals surface area contributed by atoms with Crippen molar-refractivity contribution in [1.29, 1.82) is 0 Å². The lowest BCUT2D eigenvalue weighted by atomic mass is 9.95. The Morgan fingerprint density at radius 2 is 2.08 bits per heavy atom. The second kappa shape index (κ2) is 7.58. The van der Waals surface area contributed by atoms with Crippen molar-refractivity contribution in [2.75, 3.05) is 5.75 Å². The second-order valence-corrected chi connectivity index (χ2v) is 10.5. The summed E-state index contributed by atoms with van der Waals surface area (Å²) in [6.45, 7) is 11.8. The van der Waals surface area contributed by atoms with E-state index in [2.05, 4.69) is 11.6 Å². The van der Waals surface area contributed by atoms with Gasteiger partial charge in [0.05, 0.1) is 27.7 Å². The zero-order valence-corrected chi connectivity index (χ0v) is 16.9. The third kappa shape index (κ3) is 4.41. The number of Topliss-reactive ketones (excluding diaryl/α,β-unsaturated/α-hetero) is 1. The number of fused-ring (bicyclic) bond motifs is 1. The second-order valence-electron chi connectivity index (χ2n) is 7.08. The van der Waals surface area contributed by atoms with Crippen LogP contribution in [0.15, 0.2) is 12.1 Å². The number of ketones is 1. The Kier molecular flexibility index (Phi) is 6.15. The Labute approximate surface area is 151 Å². The summed E-state index contributed by atoms with van der Waals surface area (Å²) in [5, 5.41) is 0. The predicted molar refractivity (Wildman–Crippen MR) is 102 cm³/mol. The molecule has 0 radical (unpaired) electrons. The van der Waals surface area contributed by atoms with Gasteiger partial charge in [0.15, 0.2) is 11.2 Å². The quantitative estimate of drug-likeness (QED) is 0.847. The molecule has 1 aliphatic rings. The minimum atomic E-state index is -1.19. The highest BCUT2D eigenvalue weighted by Crippen LogP contribution is 2.38. The highest BCUT2D eigenvalue weighted by atomic mass is 32.2. The summed E-state index contributed by atoms with van der Waals surface area (Å²) >= 11 is 1.64. The van der Waals surface area contributed by atoms with Crippen LogP contribution >= 0.6 is 11.8 Å². The number of rotatable bonds is 5. The van der Waals surface area contributed by atoms with Gasteiger partial charge in [0.2, 0.25) is 0 Å². The van der Waals surface area contributed by atoms with Crippen molar-refractivity contribution in [1.82, 2.24) is 4.72 Å². The van der Waals surface area contributed by atoms with Crippen LogP contribution in [-0.4, -0.2) is 25.9 Å². The molecule has 6 heteroatoms. The van der Waals surface area contributed by atoms with E-state index in [0.717, 1.165) is 16.9 Å². The molecule has 0 bridgehead atoms. The van der Waals surface area contributed by atoms with Gasteiger partial charge in [0, 0.05) is 11.6 Å². The van der Waals surface area contributed by atoms with Gasteiger partial charge in [-0.25, -0.2) is 8.93 Å². The van der Waals surface area contributed by atoms with Crippen LogP contribution in [0.5, 0.6) is 5.75 Å². The van der Waals surface area contributed by atoms with Crippen LogP contribution in [-0.2, 0) is 11.0 Å². The average Bonchev–Trinajstić information content (AvgIpc) is 2.46. The monoisotopic (exact) mass is 369 g/mol. The molecule has 1 heterocycles. The molecule has 2 rings (SSSR count). The Morgan fingerprint density at radius 3 is 2.67 bits per heavy atom. The van der Waals surface area contributed by atoms with Crippen LogP contribution in [0.25, 0.3) is 0 Å². The molecule has 1 N–H and O–H groups in total. The smallest absolute Gasteiger partial charge is 0.171 e. The summed E-state index contributed by atoms with van der Waals surface area (Å²) in [4.78, 5) is 12.5. The maximum absolute atomic E-state index is 12.5. The van der Waals surface area contributed by atoms with Crippen LogP contribution in [0.2, 0.25) is 0 Å². The molecule has 0 saturated heterocycles. The van der Waals surface area contributed by atoms with Crippen LogP contribution < -0.4 is 9.46 Å². The molecule has 0 amide bonds. The first-order valence-corrected chi connectivity index (χ1v) is 10.5. The molecule has 1 unspecified atom stereocenters. The SMILES string of the molecule is CCSC1CC(=O)c2cc(C)cc([C@@H](C)N[S@](=O)C(C)(C)C)c2O1. The molecule has 1 aliphatic heterocycles. The fraction of sp³-hybridized carbons (Fsp3) is 0.611. The van der Waals surface area contributed by atoms with Gasteiger partial charge in [-0.1, -0.05) is 13.0 Å². The maximum atomic E-state index is 12.5. The molecule has 3 atom stereocenters. The minimum absolute atomic E-state index is 0.122. The molecule has 0 saturated carbocycles. The molecule has 1 aromatic carbocycles. The Morgan fingerprint density at radius 1 is 1.42 bits per heavy atom. The lowest BCUT2D eigenvalue weighted by Gasteiger charge is -2.29. The summed E-state index contributed by atoms with van der Waals surface area (Å²) < 4.78 is 21.3. The molecule has 24 heavy (non-hydrogen) atoms. The average molecular weight is 370 g/mol. The van der Waals surface area contributed by atoms with Crippen LogP contribution in [0.1, 0.15) is 68.6 Å². The van der Waals surface area contributed by atoms with Crippen molar-refractivity contribution in [2.45, 2.75) is 64.2 Å². The van der Waals surface area contributed by atoms with E-state index in [1.54, 1.807) is 11.8 Å². The van der Waals surface area contributed by atoms with E-state index in [4.69, 9.17) is 4.74 Å². The van der Waals surface area contributed by atoms with Gasteiger partial charge >= 0.3 is 0 Å². The van der Waals surface area contributed by atoms with Crippen molar-refractivity contribution >= 4 is 28.5 Å². The third-order valence-corrected chi connectivity index (χ3v) is 6.47. The molecule has 1 aromatic rings. The van der Waals surface area contributed by atoms with Crippen molar-refractivity contribution in [3.8, 4) is 5.75 Å². The Bertz CT molecular complexity index is 652. The van der Waals surface area contributed by atoms with Crippen molar-refractivity contribution in [3.63, 3.8) is 0 Å². The number of hydrogen-bond donors (Lipinski definition) is 1. The van der Waals surface area contributed by atoms with Crippen LogP contribution in [0.4, 0.5) is 0 Å². The van der Waals surface area contributed by atoms with Crippen LogP contribution in [0.3, 0.4) is 0 Å².